The molecule has 1 aliphatic rings. The summed E-state index contributed by atoms with van der Waals surface area (Å²) in [5.41, 5.74) is 0.342. The van der Waals surface area contributed by atoms with E-state index in [4.69, 9.17) is 0 Å². The summed E-state index contributed by atoms with van der Waals surface area (Å²) in [6.45, 7) is 3.92. The Labute approximate surface area is 88.7 Å². The second-order valence-corrected chi connectivity index (χ2v) is 4.68. The highest BCUT2D eigenvalue weighted by Gasteiger charge is 2.47. The molecule has 2 atom stereocenters. The Morgan fingerprint density at radius 1 is 1.67 bits per heavy atom. The molecule has 1 aromatic rings. The van der Waals surface area contributed by atoms with E-state index in [2.05, 4.69) is 10.3 Å². The molecule has 0 saturated heterocycles. The minimum Gasteiger partial charge on any atom is -0.392 e. The van der Waals surface area contributed by atoms with Gasteiger partial charge in [0.1, 0.15) is 5.69 Å². The highest BCUT2D eigenvalue weighted by Crippen LogP contribution is 2.40. The second kappa shape index (κ2) is 3.38. The molecule has 1 fully saturated rings. The van der Waals surface area contributed by atoms with Crippen LogP contribution in [-0.4, -0.2) is 28.1 Å². The molecule has 0 aliphatic heterocycles. The lowest BCUT2D eigenvalue weighted by Gasteiger charge is -2.49. The Kier molecular flexibility index (Phi) is 2.31. The average molecular weight is 208 g/mol. The van der Waals surface area contributed by atoms with Gasteiger partial charge in [-0.3, -0.25) is 4.79 Å². The van der Waals surface area contributed by atoms with Crippen molar-refractivity contribution in [3.8, 4) is 0 Å². The number of carbonyl (C=O) groups excluding carboxylic acids is 1. The van der Waals surface area contributed by atoms with Crippen LogP contribution in [0, 0.1) is 5.41 Å². The van der Waals surface area contributed by atoms with Crippen LogP contribution in [0.25, 0.3) is 0 Å². The zero-order valence-corrected chi connectivity index (χ0v) is 8.95. The molecule has 1 aromatic heterocycles. The fourth-order valence-corrected chi connectivity index (χ4v) is 1.85. The number of hydrogen-bond acceptors (Lipinski definition) is 2. The molecule has 4 nitrogen and oxygen atoms in total. The maximum atomic E-state index is 11.7. The maximum Gasteiger partial charge on any atom is 0.267 e. The van der Waals surface area contributed by atoms with E-state index in [1.807, 2.05) is 13.8 Å². The standard InChI is InChI=1S/C11H16N2O2/c1-11(2)8(6-9(11)14)13-10(15)7-4-3-5-12-7/h3-5,8-9,12,14H,6H2,1-2H3,(H,13,15). The molecule has 1 heterocycles. The van der Waals surface area contributed by atoms with Crippen molar-refractivity contribution in [2.45, 2.75) is 32.4 Å². The van der Waals surface area contributed by atoms with Crippen LogP contribution in [-0.2, 0) is 0 Å². The van der Waals surface area contributed by atoms with E-state index >= 15 is 0 Å². The summed E-state index contributed by atoms with van der Waals surface area (Å²) >= 11 is 0. The Morgan fingerprint density at radius 2 is 2.40 bits per heavy atom. The van der Waals surface area contributed by atoms with Crippen molar-refractivity contribution in [3.63, 3.8) is 0 Å². The van der Waals surface area contributed by atoms with Crippen LogP contribution in [0.2, 0.25) is 0 Å². The lowest BCUT2D eigenvalue weighted by molar-refractivity contribution is -0.0690. The zero-order valence-electron chi connectivity index (χ0n) is 8.95. The predicted octanol–water partition coefficient (Wildman–Crippen LogP) is 0.904. The second-order valence-electron chi connectivity index (χ2n) is 4.68. The molecule has 0 spiro atoms. The van der Waals surface area contributed by atoms with Crippen molar-refractivity contribution in [1.29, 1.82) is 0 Å². The summed E-state index contributed by atoms with van der Waals surface area (Å²) in [6, 6.07) is 3.58. The molecule has 0 bridgehead atoms. The number of H-pyrrole nitrogens is 1. The van der Waals surface area contributed by atoms with Crippen molar-refractivity contribution >= 4 is 5.91 Å². The van der Waals surface area contributed by atoms with Crippen LogP contribution in [0.5, 0.6) is 0 Å². The fraction of sp³-hybridized carbons (Fsp3) is 0.545. The van der Waals surface area contributed by atoms with E-state index in [9.17, 15) is 9.90 Å². The molecule has 15 heavy (non-hydrogen) atoms. The fourth-order valence-electron chi connectivity index (χ4n) is 1.85. The largest absolute Gasteiger partial charge is 0.392 e. The van der Waals surface area contributed by atoms with Crippen molar-refractivity contribution in [3.05, 3.63) is 24.0 Å². The number of aliphatic hydroxyl groups excluding tert-OH is 1. The first-order valence-electron chi connectivity index (χ1n) is 5.14. The van der Waals surface area contributed by atoms with Crippen molar-refractivity contribution in [2.75, 3.05) is 0 Å². The first kappa shape index (κ1) is 10.2. The van der Waals surface area contributed by atoms with E-state index in [0.29, 0.717) is 12.1 Å². The number of aliphatic hydroxyl groups is 1. The van der Waals surface area contributed by atoms with E-state index in [1.165, 1.54) is 0 Å². The van der Waals surface area contributed by atoms with Gasteiger partial charge in [-0.15, -0.1) is 0 Å². The molecule has 1 aliphatic carbocycles. The number of nitrogens with one attached hydrogen (secondary N) is 2. The third-order valence-electron chi connectivity index (χ3n) is 3.36. The van der Waals surface area contributed by atoms with Crippen LogP contribution >= 0.6 is 0 Å². The van der Waals surface area contributed by atoms with Crippen LogP contribution in [0.15, 0.2) is 18.3 Å². The van der Waals surface area contributed by atoms with Gasteiger partial charge in [-0.25, -0.2) is 0 Å². The number of hydrogen-bond donors (Lipinski definition) is 3. The topological polar surface area (TPSA) is 65.1 Å². The lowest BCUT2D eigenvalue weighted by Crippen LogP contribution is -2.61. The molecule has 1 amide bonds. The summed E-state index contributed by atoms with van der Waals surface area (Å²) in [5, 5.41) is 12.4. The van der Waals surface area contributed by atoms with E-state index in [0.717, 1.165) is 0 Å². The van der Waals surface area contributed by atoms with Crippen molar-refractivity contribution in [1.82, 2.24) is 10.3 Å². The van der Waals surface area contributed by atoms with E-state index in [-0.39, 0.29) is 23.5 Å². The number of rotatable bonds is 2. The van der Waals surface area contributed by atoms with Gasteiger partial charge in [-0.1, -0.05) is 13.8 Å². The Balaban J connectivity index is 1.97. The van der Waals surface area contributed by atoms with Crippen LogP contribution in [0.3, 0.4) is 0 Å². The van der Waals surface area contributed by atoms with Gasteiger partial charge >= 0.3 is 0 Å². The molecule has 0 aromatic carbocycles. The third-order valence-corrected chi connectivity index (χ3v) is 3.36. The number of carbonyl (C=O) groups is 1. The molecule has 0 radical (unpaired) electrons. The summed E-state index contributed by atoms with van der Waals surface area (Å²) in [6.07, 6.45) is 2.04. The average Bonchev–Trinajstić information content (AvgIpc) is 2.70. The Morgan fingerprint density at radius 3 is 2.87 bits per heavy atom. The number of aromatic nitrogens is 1. The zero-order chi connectivity index (χ0) is 11.1. The molecule has 82 valence electrons. The lowest BCUT2D eigenvalue weighted by atomic mass is 9.64. The number of aromatic amines is 1. The number of amides is 1. The monoisotopic (exact) mass is 208 g/mol. The van der Waals surface area contributed by atoms with Gasteiger partial charge in [-0.2, -0.15) is 0 Å². The SMILES string of the molecule is CC1(C)C(O)CC1NC(=O)c1ccc[nH]1. The molecular formula is C11H16N2O2. The predicted molar refractivity (Wildman–Crippen MR) is 56.5 cm³/mol. The highest BCUT2D eigenvalue weighted by molar-refractivity contribution is 5.92. The molecular weight excluding hydrogens is 192 g/mol. The minimum absolute atomic E-state index is 0.0586. The normalized spacial score (nSPS) is 28.2. The summed E-state index contributed by atoms with van der Waals surface area (Å²) in [5.74, 6) is -0.107. The van der Waals surface area contributed by atoms with Gasteiger partial charge in [0.05, 0.1) is 6.10 Å². The van der Waals surface area contributed by atoms with Gasteiger partial charge in [-0.05, 0) is 18.6 Å². The molecule has 2 unspecified atom stereocenters. The third kappa shape index (κ3) is 1.65. The van der Waals surface area contributed by atoms with Crippen LogP contribution < -0.4 is 5.32 Å². The Bertz CT molecular complexity index is 357. The van der Waals surface area contributed by atoms with Crippen molar-refractivity contribution in [2.24, 2.45) is 5.41 Å². The highest BCUT2D eigenvalue weighted by atomic mass is 16.3. The molecule has 2 rings (SSSR count). The maximum absolute atomic E-state index is 11.7. The van der Waals surface area contributed by atoms with Crippen LogP contribution in [0.4, 0.5) is 0 Å². The smallest absolute Gasteiger partial charge is 0.267 e. The van der Waals surface area contributed by atoms with Gasteiger partial charge < -0.3 is 15.4 Å². The summed E-state index contributed by atoms with van der Waals surface area (Å²) < 4.78 is 0. The van der Waals surface area contributed by atoms with E-state index in [1.54, 1.807) is 18.3 Å². The summed E-state index contributed by atoms with van der Waals surface area (Å²) in [7, 11) is 0. The molecule has 1 saturated carbocycles. The molecule has 3 N–H and O–H groups in total. The van der Waals surface area contributed by atoms with Crippen LogP contribution in [0.1, 0.15) is 30.8 Å². The molecule has 4 heteroatoms. The Hall–Kier alpha value is -1.29. The van der Waals surface area contributed by atoms with E-state index < -0.39 is 0 Å². The first-order chi connectivity index (χ1) is 7.01. The van der Waals surface area contributed by atoms with Gasteiger partial charge in [0, 0.05) is 17.7 Å². The van der Waals surface area contributed by atoms with Gasteiger partial charge in [0.15, 0.2) is 0 Å². The van der Waals surface area contributed by atoms with Gasteiger partial charge in [0.2, 0.25) is 0 Å². The first-order valence-corrected chi connectivity index (χ1v) is 5.14. The quantitative estimate of drug-likeness (QED) is 0.676. The van der Waals surface area contributed by atoms with Gasteiger partial charge in [0.25, 0.3) is 5.91 Å². The minimum atomic E-state index is -0.313. The van der Waals surface area contributed by atoms with Crippen molar-refractivity contribution < 1.29 is 9.90 Å². The summed E-state index contributed by atoms with van der Waals surface area (Å²) in [4.78, 5) is 14.5.